The molecule has 1 aliphatic rings. The van der Waals surface area contributed by atoms with Crippen LogP contribution in [0.15, 0.2) is 34.8 Å². The summed E-state index contributed by atoms with van der Waals surface area (Å²) in [5.74, 6) is 0. The van der Waals surface area contributed by atoms with Crippen molar-refractivity contribution in [1.29, 1.82) is 5.26 Å². The minimum atomic E-state index is 0.357. The van der Waals surface area contributed by atoms with Gasteiger partial charge < -0.3 is 5.32 Å². The summed E-state index contributed by atoms with van der Waals surface area (Å²) in [4.78, 5) is 0. The van der Waals surface area contributed by atoms with Crippen LogP contribution in [0.25, 0.3) is 0 Å². The van der Waals surface area contributed by atoms with Crippen molar-refractivity contribution < 1.29 is 0 Å². The van der Waals surface area contributed by atoms with Gasteiger partial charge in [-0.2, -0.15) is 5.26 Å². The SMILES string of the molecule is N#Cc1ccc(Br)cc1NC1C=CCCC1. The lowest BCUT2D eigenvalue weighted by Crippen LogP contribution is -2.19. The number of anilines is 1. The Morgan fingerprint density at radius 2 is 2.31 bits per heavy atom. The number of benzene rings is 1. The third kappa shape index (κ3) is 2.65. The fourth-order valence-corrected chi connectivity index (χ4v) is 2.23. The van der Waals surface area contributed by atoms with Crippen LogP contribution in [-0.4, -0.2) is 6.04 Å². The van der Waals surface area contributed by atoms with E-state index in [2.05, 4.69) is 39.5 Å². The Morgan fingerprint density at radius 3 is 3.00 bits per heavy atom. The molecule has 0 saturated carbocycles. The summed E-state index contributed by atoms with van der Waals surface area (Å²) < 4.78 is 0.994. The van der Waals surface area contributed by atoms with E-state index >= 15 is 0 Å². The van der Waals surface area contributed by atoms with Gasteiger partial charge in [0.2, 0.25) is 0 Å². The molecule has 0 spiro atoms. The fourth-order valence-electron chi connectivity index (χ4n) is 1.87. The summed E-state index contributed by atoms with van der Waals surface area (Å²) in [7, 11) is 0. The molecular weight excluding hydrogens is 264 g/mol. The summed E-state index contributed by atoms with van der Waals surface area (Å²) in [6.07, 6.45) is 7.90. The van der Waals surface area contributed by atoms with E-state index in [-0.39, 0.29) is 0 Å². The molecule has 0 radical (unpaired) electrons. The predicted octanol–water partition coefficient (Wildman–Crippen LogP) is 3.84. The molecule has 1 aliphatic carbocycles. The van der Waals surface area contributed by atoms with Gasteiger partial charge in [-0.1, -0.05) is 28.1 Å². The van der Waals surface area contributed by atoms with Gasteiger partial charge in [0.1, 0.15) is 6.07 Å². The quantitative estimate of drug-likeness (QED) is 0.834. The van der Waals surface area contributed by atoms with Gasteiger partial charge >= 0.3 is 0 Å². The summed E-state index contributed by atoms with van der Waals surface area (Å²) in [5, 5.41) is 12.4. The molecule has 2 rings (SSSR count). The standard InChI is InChI=1S/C13H13BrN2/c14-11-7-6-10(9-15)13(8-11)16-12-4-2-1-3-5-12/h2,4,6-8,12,16H,1,3,5H2. The predicted molar refractivity (Wildman–Crippen MR) is 69.3 cm³/mol. The Hall–Kier alpha value is -1.27. The molecule has 1 aromatic rings. The van der Waals surface area contributed by atoms with Gasteiger partial charge in [-0.3, -0.25) is 0 Å². The highest BCUT2D eigenvalue weighted by Crippen LogP contribution is 2.23. The van der Waals surface area contributed by atoms with Crippen LogP contribution in [0.3, 0.4) is 0 Å². The lowest BCUT2D eigenvalue weighted by atomic mass is 10.0. The second-order valence-corrected chi connectivity index (χ2v) is 4.83. The number of nitrogens with zero attached hydrogens (tertiary/aromatic N) is 1. The Bertz CT molecular complexity index is 446. The number of hydrogen-bond donors (Lipinski definition) is 1. The van der Waals surface area contributed by atoms with Crippen molar-refractivity contribution in [2.24, 2.45) is 0 Å². The third-order valence-corrected chi connectivity index (χ3v) is 3.19. The average Bonchev–Trinajstić information content (AvgIpc) is 2.31. The van der Waals surface area contributed by atoms with Gasteiger partial charge in [0, 0.05) is 10.5 Å². The van der Waals surface area contributed by atoms with Crippen LogP contribution >= 0.6 is 15.9 Å². The first-order chi connectivity index (χ1) is 7.79. The molecule has 16 heavy (non-hydrogen) atoms. The molecule has 1 unspecified atom stereocenters. The topological polar surface area (TPSA) is 35.8 Å². The minimum Gasteiger partial charge on any atom is -0.378 e. The van der Waals surface area contributed by atoms with E-state index in [9.17, 15) is 0 Å². The van der Waals surface area contributed by atoms with E-state index < -0.39 is 0 Å². The van der Waals surface area contributed by atoms with Crippen molar-refractivity contribution in [3.8, 4) is 6.07 Å². The molecule has 2 nitrogen and oxygen atoms in total. The van der Waals surface area contributed by atoms with Gasteiger partial charge in [0.15, 0.2) is 0 Å². The van der Waals surface area contributed by atoms with E-state index in [1.807, 2.05) is 18.2 Å². The molecule has 0 bridgehead atoms. The molecule has 1 aromatic carbocycles. The molecule has 0 aliphatic heterocycles. The molecule has 82 valence electrons. The van der Waals surface area contributed by atoms with Crippen LogP contribution in [0.1, 0.15) is 24.8 Å². The van der Waals surface area contributed by atoms with Gasteiger partial charge in [0.05, 0.1) is 11.3 Å². The normalized spacial score (nSPS) is 19.1. The van der Waals surface area contributed by atoms with Gasteiger partial charge in [-0.25, -0.2) is 0 Å². The molecule has 1 N–H and O–H groups in total. The van der Waals surface area contributed by atoms with E-state index in [0.717, 1.165) is 16.6 Å². The Labute approximate surface area is 104 Å². The first kappa shape index (κ1) is 11.2. The zero-order valence-electron chi connectivity index (χ0n) is 8.91. The molecule has 0 aromatic heterocycles. The molecule has 1 atom stereocenters. The first-order valence-electron chi connectivity index (χ1n) is 5.42. The van der Waals surface area contributed by atoms with Crippen LogP contribution < -0.4 is 5.32 Å². The van der Waals surface area contributed by atoms with Crippen LogP contribution in [0.2, 0.25) is 0 Å². The van der Waals surface area contributed by atoms with Crippen molar-refractivity contribution in [1.82, 2.24) is 0 Å². The number of nitriles is 1. The summed E-state index contributed by atoms with van der Waals surface area (Å²) in [5.41, 5.74) is 1.61. The smallest absolute Gasteiger partial charge is 0.101 e. The lowest BCUT2D eigenvalue weighted by molar-refractivity contribution is 0.673. The minimum absolute atomic E-state index is 0.357. The number of hydrogen-bond acceptors (Lipinski definition) is 2. The maximum absolute atomic E-state index is 9.02. The molecular formula is C13H13BrN2. The molecule has 0 saturated heterocycles. The number of nitrogens with one attached hydrogen (secondary N) is 1. The second kappa shape index (κ2) is 5.18. The lowest BCUT2D eigenvalue weighted by Gasteiger charge is -2.20. The van der Waals surface area contributed by atoms with Gasteiger partial charge in [-0.15, -0.1) is 0 Å². The highest BCUT2D eigenvalue weighted by atomic mass is 79.9. The maximum Gasteiger partial charge on any atom is 0.101 e. The Kier molecular flexibility index (Phi) is 3.63. The van der Waals surface area contributed by atoms with Crippen LogP contribution in [-0.2, 0) is 0 Å². The number of rotatable bonds is 2. The highest BCUT2D eigenvalue weighted by Gasteiger charge is 2.10. The summed E-state index contributed by atoms with van der Waals surface area (Å²) in [6.45, 7) is 0. The van der Waals surface area contributed by atoms with Crippen molar-refractivity contribution in [2.75, 3.05) is 5.32 Å². The fraction of sp³-hybridized carbons (Fsp3) is 0.308. The third-order valence-electron chi connectivity index (χ3n) is 2.70. The van der Waals surface area contributed by atoms with Gasteiger partial charge in [-0.05, 0) is 37.5 Å². The Balaban J connectivity index is 2.19. The van der Waals surface area contributed by atoms with Crippen molar-refractivity contribution in [3.05, 3.63) is 40.4 Å². The zero-order valence-corrected chi connectivity index (χ0v) is 10.5. The Morgan fingerprint density at radius 1 is 1.44 bits per heavy atom. The highest BCUT2D eigenvalue weighted by molar-refractivity contribution is 9.10. The maximum atomic E-state index is 9.02. The molecule has 0 amide bonds. The largest absolute Gasteiger partial charge is 0.378 e. The molecule has 3 heteroatoms. The van der Waals surface area contributed by atoms with E-state index in [1.54, 1.807) is 0 Å². The van der Waals surface area contributed by atoms with Crippen LogP contribution in [0.5, 0.6) is 0 Å². The van der Waals surface area contributed by atoms with Crippen LogP contribution in [0.4, 0.5) is 5.69 Å². The van der Waals surface area contributed by atoms with Gasteiger partial charge in [0.25, 0.3) is 0 Å². The molecule has 0 fully saturated rings. The first-order valence-corrected chi connectivity index (χ1v) is 6.22. The molecule has 0 heterocycles. The number of halogens is 1. The monoisotopic (exact) mass is 276 g/mol. The van der Waals surface area contributed by atoms with Crippen molar-refractivity contribution in [2.45, 2.75) is 25.3 Å². The van der Waals surface area contributed by atoms with Crippen molar-refractivity contribution in [3.63, 3.8) is 0 Å². The summed E-state index contributed by atoms with van der Waals surface area (Å²) >= 11 is 3.42. The van der Waals surface area contributed by atoms with Crippen LogP contribution in [0, 0.1) is 11.3 Å². The average molecular weight is 277 g/mol. The number of allylic oxidation sites excluding steroid dienone is 1. The second-order valence-electron chi connectivity index (χ2n) is 3.91. The van der Waals surface area contributed by atoms with E-state index in [4.69, 9.17) is 5.26 Å². The van der Waals surface area contributed by atoms with E-state index in [0.29, 0.717) is 11.6 Å². The van der Waals surface area contributed by atoms with E-state index in [1.165, 1.54) is 12.8 Å². The van der Waals surface area contributed by atoms with Crippen molar-refractivity contribution >= 4 is 21.6 Å². The summed E-state index contributed by atoms with van der Waals surface area (Å²) in [6, 6.07) is 8.24. The zero-order chi connectivity index (χ0) is 11.4.